The van der Waals surface area contributed by atoms with Gasteiger partial charge in [-0.2, -0.15) is 0 Å². The van der Waals surface area contributed by atoms with Crippen LogP contribution in [0.2, 0.25) is 0 Å². The quantitative estimate of drug-likeness (QED) is 0.0222. The van der Waals surface area contributed by atoms with E-state index in [4.69, 9.17) is 37.0 Å². The van der Waals surface area contributed by atoms with Crippen LogP contribution in [-0.4, -0.2) is 96.7 Å². The van der Waals surface area contributed by atoms with E-state index >= 15 is 0 Å². The lowest BCUT2D eigenvalue weighted by Gasteiger charge is -2.21. The van der Waals surface area contributed by atoms with E-state index in [-0.39, 0.29) is 25.7 Å². The summed E-state index contributed by atoms with van der Waals surface area (Å²) in [6.45, 7) is 7.19. The summed E-state index contributed by atoms with van der Waals surface area (Å²) in [6.07, 6.45) is 61.6. The Hall–Kier alpha value is -1.94. The number of hydrogen-bond acceptors (Lipinski definition) is 15. The fourth-order valence-corrected chi connectivity index (χ4v) is 13.6. The van der Waals surface area contributed by atoms with Gasteiger partial charge in [-0.3, -0.25) is 37.3 Å². The van der Waals surface area contributed by atoms with Crippen molar-refractivity contribution in [3.63, 3.8) is 0 Å². The zero-order chi connectivity index (χ0) is 71.2. The number of rotatable bonds is 78. The average molecular weight is 1420 g/mol. The van der Waals surface area contributed by atoms with Crippen LogP contribution in [0.5, 0.6) is 0 Å². The topological polar surface area (TPSA) is 237 Å². The molecule has 5 atom stereocenters. The highest BCUT2D eigenvalue weighted by molar-refractivity contribution is 7.47. The van der Waals surface area contributed by atoms with Gasteiger partial charge in [0, 0.05) is 25.7 Å². The summed E-state index contributed by atoms with van der Waals surface area (Å²) in [5.74, 6) is -1.42. The van der Waals surface area contributed by atoms with E-state index in [1.54, 1.807) is 0 Å². The van der Waals surface area contributed by atoms with Crippen molar-refractivity contribution in [3.05, 3.63) is 0 Å². The first kappa shape index (κ1) is 95.1. The summed E-state index contributed by atoms with van der Waals surface area (Å²) in [6, 6.07) is 0. The Balaban J connectivity index is 5.14. The summed E-state index contributed by atoms with van der Waals surface area (Å²) < 4.78 is 68.4. The first-order valence-corrected chi connectivity index (χ1v) is 43.6. The van der Waals surface area contributed by atoms with Crippen LogP contribution in [-0.2, 0) is 65.4 Å². The van der Waals surface area contributed by atoms with E-state index in [1.807, 2.05) is 0 Å². The monoisotopic (exact) mass is 1420 g/mol. The highest BCUT2D eigenvalue weighted by Crippen LogP contribution is 2.45. The second kappa shape index (κ2) is 71.1. The number of aliphatic hydroxyl groups excluding tert-OH is 1. The second-order valence-corrected chi connectivity index (χ2v) is 31.5. The number of aliphatic hydroxyl groups is 1. The van der Waals surface area contributed by atoms with Crippen molar-refractivity contribution in [2.45, 2.75) is 432 Å². The van der Waals surface area contributed by atoms with E-state index in [9.17, 15) is 43.2 Å². The van der Waals surface area contributed by atoms with Crippen LogP contribution in [0.25, 0.3) is 0 Å². The second-order valence-electron chi connectivity index (χ2n) is 28.6. The van der Waals surface area contributed by atoms with Crippen LogP contribution >= 0.6 is 15.6 Å². The zero-order valence-electron chi connectivity index (χ0n) is 63.2. The molecule has 0 radical (unpaired) electrons. The molecule has 0 aromatic rings. The van der Waals surface area contributed by atoms with Crippen LogP contribution in [0.4, 0.5) is 0 Å². The molecule has 576 valence electrons. The van der Waals surface area contributed by atoms with Gasteiger partial charge in [0.1, 0.15) is 19.3 Å². The van der Waals surface area contributed by atoms with E-state index in [0.717, 1.165) is 103 Å². The molecule has 0 aliphatic rings. The molecular weight excluding hydrogens is 1270 g/mol. The summed E-state index contributed by atoms with van der Waals surface area (Å²) in [7, 11) is -9.90. The maximum atomic E-state index is 13.1. The van der Waals surface area contributed by atoms with Gasteiger partial charge in [-0.15, -0.1) is 0 Å². The summed E-state index contributed by atoms with van der Waals surface area (Å²) in [4.78, 5) is 72.7. The SMILES string of the molecule is CCCCCCCCCCCCCCCCCCCCCCCC(=O)O[C@H](COC(=O)CCCCCCCCCCCCCCCCCCCCC)COP(=O)(O)OC[C@@H](O)COP(=O)(O)OC[C@@H](COC(=O)CCCCCCCCC)OC(=O)CCCCCCCCCC(C)C. The van der Waals surface area contributed by atoms with Crippen molar-refractivity contribution >= 4 is 39.5 Å². The zero-order valence-corrected chi connectivity index (χ0v) is 65.0. The molecular formula is C78H152O17P2. The van der Waals surface area contributed by atoms with Crippen molar-refractivity contribution in [2.24, 2.45) is 5.92 Å². The van der Waals surface area contributed by atoms with Crippen LogP contribution in [0.15, 0.2) is 0 Å². The normalized spacial score (nSPS) is 13.9. The largest absolute Gasteiger partial charge is 0.472 e. The summed E-state index contributed by atoms with van der Waals surface area (Å²) >= 11 is 0. The smallest absolute Gasteiger partial charge is 0.462 e. The number of carbonyl (C=O) groups excluding carboxylic acids is 4. The third-order valence-corrected chi connectivity index (χ3v) is 20.2. The Morgan fingerprint density at radius 2 is 0.474 bits per heavy atom. The molecule has 3 N–H and O–H groups in total. The number of carbonyl (C=O) groups is 4. The number of esters is 4. The van der Waals surface area contributed by atoms with Gasteiger partial charge in [0.15, 0.2) is 12.2 Å². The minimum absolute atomic E-state index is 0.104. The van der Waals surface area contributed by atoms with Crippen LogP contribution in [0, 0.1) is 5.92 Å². The first-order chi connectivity index (χ1) is 47.0. The number of ether oxygens (including phenoxy) is 4. The molecule has 0 saturated carbocycles. The Morgan fingerprint density at radius 1 is 0.278 bits per heavy atom. The van der Waals surface area contributed by atoms with Crippen LogP contribution < -0.4 is 0 Å². The average Bonchev–Trinajstić information content (AvgIpc) is 1.62. The van der Waals surface area contributed by atoms with E-state index in [0.29, 0.717) is 31.6 Å². The van der Waals surface area contributed by atoms with Gasteiger partial charge < -0.3 is 33.8 Å². The number of phosphoric acid groups is 2. The van der Waals surface area contributed by atoms with E-state index < -0.39 is 97.5 Å². The molecule has 17 nitrogen and oxygen atoms in total. The fraction of sp³-hybridized carbons (Fsp3) is 0.949. The predicted molar refractivity (Wildman–Crippen MR) is 395 cm³/mol. The molecule has 0 spiro atoms. The maximum Gasteiger partial charge on any atom is 0.472 e. The molecule has 0 fully saturated rings. The fourth-order valence-electron chi connectivity index (χ4n) is 12.1. The Morgan fingerprint density at radius 3 is 0.701 bits per heavy atom. The standard InChI is InChI=1S/C78H152O17P2/c1-6-9-12-15-18-20-22-24-26-28-30-31-33-35-37-39-41-43-48-53-58-63-77(82)94-74(68-89-76(81)62-57-52-47-42-40-38-36-34-32-29-27-25-23-21-19-16-13-10-7-2)70-93-97(86,87)91-66-72(79)65-90-96(84,85)92-69-73(67-88-75(80)61-56-51-45-17-14-11-8-3)95-78(83)64-59-54-49-44-46-50-55-60-71(4)5/h71-74,79H,6-70H2,1-5H3,(H,84,85)(H,86,87)/t72-,73+,74+/m0/s1. The predicted octanol–water partition coefficient (Wildman–Crippen LogP) is 23.3. The van der Waals surface area contributed by atoms with E-state index in [1.165, 1.54) is 225 Å². The molecule has 0 aromatic carbocycles. The first-order valence-electron chi connectivity index (χ1n) is 40.6. The van der Waals surface area contributed by atoms with Gasteiger partial charge in [-0.25, -0.2) is 9.13 Å². The van der Waals surface area contributed by atoms with Gasteiger partial charge in [0.05, 0.1) is 26.4 Å². The highest BCUT2D eigenvalue weighted by Gasteiger charge is 2.30. The lowest BCUT2D eigenvalue weighted by molar-refractivity contribution is -0.161. The Labute approximate surface area is 594 Å². The van der Waals surface area contributed by atoms with E-state index in [2.05, 4.69) is 34.6 Å². The molecule has 19 heteroatoms. The third kappa shape index (κ3) is 72.2. The molecule has 2 unspecified atom stereocenters. The van der Waals surface area contributed by atoms with Crippen LogP contribution in [0.1, 0.15) is 413 Å². The van der Waals surface area contributed by atoms with Crippen molar-refractivity contribution in [1.82, 2.24) is 0 Å². The molecule has 0 bridgehead atoms. The summed E-state index contributed by atoms with van der Waals surface area (Å²) in [5.41, 5.74) is 0. The van der Waals surface area contributed by atoms with Crippen molar-refractivity contribution in [3.8, 4) is 0 Å². The van der Waals surface area contributed by atoms with Gasteiger partial charge in [0.25, 0.3) is 0 Å². The molecule has 0 rings (SSSR count). The molecule has 0 saturated heterocycles. The minimum Gasteiger partial charge on any atom is -0.462 e. The molecule has 0 aliphatic carbocycles. The molecule has 97 heavy (non-hydrogen) atoms. The maximum absolute atomic E-state index is 13.1. The Bertz CT molecular complexity index is 1860. The van der Waals surface area contributed by atoms with Crippen molar-refractivity contribution < 1.29 is 80.2 Å². The number of phosphoric ester groups is 2. The van der Waals surface area contributed by atoms with Crippen molar-refractivity contribution in [2.75, 3.05) is 39.6 Å². The van der Waals surface area contributed by atoms with Crippen molar-refractivity contribution in [1.29, 1.82) is 0 Å². The lowest BCUT2D eigenvalue weighted by Crippen LogP contribution is -2.30. The number of hydrogen-bond donors (Lipinski definition) is 3. The van der Waals surface area contributed by atoms with Gasteiger partial charge in [-0.05, 0) is 31.6 Å². The third-order valence-electron chi connectivity index (χ3n) is 18.3. The molecule has 0 amide bonds. The molecule has 0 aromatic heterocycles. The lowest BCUT2D eigenvalue weighted by atomic mass is 10.0. The molecule has 0 heterocycles. The minimum atomic E-state index is -4.96. The molecule has 0 aliphatic heterocycles. The van der Waals surface area contributed by atoms with Gasteiger partial charge >= 0.3 is 39.5 Å². The van der Waals surface area contributed by atoms with Gasteiger partial charge in [0.2, 0.25) is 0 Å². The highest BCUT2D eigenvalue weighted by atomic mass is 31.2. The number of unbranched alkanes of at least 4 members (excludes halogenated alkanes) is 50. The van der Waals surface area contributed by atoms with Crippen LogP contribution in [0.3, 0.4) is 0 Å². The summed E-state index contributed by atoms with van der Waals surface area (Å²) in [5, 5.41) is 10.6. The van der Waals surface area contributed by atoms with Gasteiger partial charge in [-0.1, -0.05) is 362 Å². The Kier molecular flexibility index (Phi) is 69.6.